The van der Waals surface area contributed by atoms with Gasteiger partial charge in [0.2, 0.25) is 0 Å². The molecular formula is C11H17N3O2S. The molecule has 0 unspecified atom stereocenters. The zero-order valence-electron chi connectivity index (χ0n) is 9.81. The van der Waals surface area contributed by atoms with Crippen molar-refractivity contribution >= 4 is 23.1 Å². The lowest BCUT2D eigenvalue weighted by molar-refractivity contribution is -0.384. The summed E-state index contributed by atoms with van der Waals surface area (Å²) in [5.74, 6) is 7.15. The van der Waals surface area contributed by atoms with E-state index in [0.29, 0.717) is 5.69 Å². The number of nitrogen functional groups attached to an aromatic ring is 1. The number of hydrazine groups is 1. The fourth-order valence-electron chi connectivity index (χ4n) is 1.45. The third-order valence-electron chi connectivity index (χ3n) is 2.37. The molecule has 0 aliphatic rings. The predicted molar refractivity (Wildman–Crippen MR) is 72.0 cm³/mol. The number of nitrogens with one attached hydrogen (secondary N) is 1. The number of nitro benzene ring substituents is 1. The molecule has 6 heteroatoms. The number of unbranched alkanes of at least 4 members (excludes halogenated alkanes) is 1. The van der Waals surface area contributed by atoms with Crippen molar-refractivity contribution in [1.82, 2.24) is 0 Å². The molecule has 0 aliphatic heterocycles. The van der Waals surface area contributed by atoms with Crippen LogP contribution < -0.4 is 11.3 Å². The Morgan fingerprint density at radius 1 is 1.53 bits per heavy atom. The second-order valence-electron chi connectivity index (χ2n) is 3.62. The zero-order valence-corrected chi connectivity index (χ0v) is 10.6. The van der Waals surface area contributed by atoms with Crippen LogP contribution in [-0.4, -0.2) is 10.7 Å². The van der Waals surface area contributed by atoms with E-state index in [9.17, 15) is 10.1 Å². The highest BCUT2D eigenvalue weighted by molar-refractivity contribution is 7.98. The third kappa shape index (κ3) is 3.90. The SMILES string of the molecule is CCCCSCc1cccc([N+](=O)[O-])c1NN. The molecule has 1 aromatic rings. The summed E-state index contributed by atoms with van der Waals surface area (Å²) in [7, 11) is 0. The zero-order chi connectivity index (χ0) is 12.7. The van der Waals surface area contributed by atoms with Crippen molar-refractivity contribution < 1.29 is 4.92 Å². The smallest absolute Gasteiger partial charge is 0.293 e. The van der Waals surface area contributed by atoms with Gasteiger partial charge < -0.3 is 5.43 Å². The van der Waals surface area contributed by atoms with Crippen LogP contribution in [0.4, 0.5) is 11.4 Å². The Labute approximate surface area is 105 Å². The molecule has 17 heavy (non-hydrogen) atoms. The van der Waals surface area contributed by atoms with Gasteiger partial charge in [-0.05, 0) is 17.7 Å². The number of para-hydroxylation sites is 1. The highest BCUT2D eigenvalue weighted by Gasteiger charge is 2.15. The number of nitro groups is 1. The lowest BCUT2D eigenvalue weighted by atomic mass is 10.2. The lowest BCUT2D eigenvalue weighted by Gasteiger charge is -2.08. The van der Waals surface area contributed by atoms with Gasteiger partial charge in [0.25, 0.3) is 5.69 Å². The Kier molecular flexibility index (Phi) is 5.79. The van der Waals surface area contributed by atoms with E-state index >= 15 is 0 Å². The lowest BCUT2D eigenvalue weighted by Crippen LogP contribution is -2.11. The molecule has 0 bridgehead atoms. The normalized spacial score (nSPS) is 10.2. The second-order valence-corrected chi connectivity index (χ2v) is 4.72. The maximum atomic E-state index is 10.8. The van der Waals surface area contributed by atoms with E-state index in [2.05, 4.69) is 12.3 Å². The molecule has 3 N–H and O–H groups in total. The van der Waals surface area contributed by atoms with Crippen LogP contribution in [0.2, 0.25) is 0 Å². The Hall–Kier alpha value is -1.27. The first kappa shape index (κ1) is 13.8. The van der Waals surface area contributed by atoms with E-state index in [1.54, 1.807) is 17.8 Å². The van der Waals surface area contributed by atoms with Crippen LogP contribution in [0.5, 0.6) is 0 Å². The number of nitrogens with zero attached hydrogens (tertiary/aromatic N) is 1. The van der Waals surface area contributed by atoms with Gasteiger partial charge in [-0.2, -0.15) is 11.8 Å². The molecule has 0 spiro atoms. The van der Waals surface area contributed by atoms with Gasteiger partial charge in [0, 0.05) is 11.8 Å². The Morgan fingerprint density at radius 3 is 2.88 bits per heavy atom. The minimum atomic E-state index is -0.421. The van der Waals surface area contributed by atoms with Crippen LogP contribution >= 0.6 is 11.8 Å². The van der Waals surface area contributed by atoms with Crippen molar-refractivity contribution in [3.05, 3.63) is 33.9 Å². The fraction of sp³-hybridized carbons (Fsp3) is 0.455. The second kappa shape index (κ2) is 7.13. The first-order valence-electron chi connectivity index (χ1n) is 5.51. The average Bonchev–Trinajstić information content (AvgIpc) is 2.34. The number of benzene rings is 1. The number of nitrogens with two attached hydrogens (primary N) is 1. The number of anilines is 1. The number of hydrogen-bond donors (Lipinski definition) is 2. The summed E-state index contributed by atoms with van der Waals surface area (Å²) in [6.45, 7) is 2.14. The monoisotopic (exact) mass is 255 g/mol. The van der Waals surface area contributed by atoms with Gasteiger partial charge in [-0.1, -0.05) is 25.5 Å². The van der Waals surface area contributed by atoms with E-state index in [-0.39, 0.29) is 5.69 Å². The predicted octanol–water partition coefficient (Wildman–Crippen LogP) is 2.91. The topological polar surface area (TPSA) is 81.2 Å². The highest BCUT2D eigenvalue weighted by Crippen LogP contribution is 2.30. The van der Waals surface area contributed by atoms with Crippen LogP contribution in [0.25, 0.3) is 0 Å². The number of rotatable bonds is 7. The van der Waals surface area contributed by atoms with Gasteiger partial charge >= 0.3 is 0 Å². The molecule has 0 heterocycles. The Bertz CT molecular complexity index is 385. The molecule has 0 amide bonds. The minimum Gasteiger partial charge on any atom is -0.318 e. The van der Waals surface area contributed by atoms with Crippen LogP contribution in [0.1, 0.15) is 25.3 Å². The van der Waals surface area contributed by atoms with Crippen LogP contribution in [0.15, 0.2) is 18.2 Å². The van der Waals surface area contributed by atoms with Crippen LogP contribution in [0.3, 0.4) is 0 Å². The maximum Gasteiger partial charge on any atom is 0.293 e. The van der Waals surface area contributed by atoms with Crippen molar-refractivity contribution in [3.63, 3.8) is 0 Å². The Morgan fingerprint density at radius 2 is 2.29 bits per heavy atom. The summed E-state index contributed by atoms with van der Waals surface area (Å²) in [4.78, 5) is 10.4. The Balaban J connectivity index is 2.77. The van der Waals surface area contributed by atoms with Gasteiger partial charge in [0.15, 0.2) is 0 Å². The standard InChI is InChI=1S/C11H17N3O2S/c1-2-3-7-17-8-9-5-4-6-10(14(15)16)11(9)13-12/h4-6,13H,2-3,7-8,12H2,1H3. The van der Waals surface area contributed by atoms with E-state index in [1.807, 2.05) is 6.07 Å². The molecule has 0 aromatic heterocycles. The molecule has 1 aromatic carbocycles. The average molecular weight is 255 g/mol. The molecule has 0 saturated carbocycles. The molecule has 94 valence electrons. The highest BCUT2D eigenvalue weighted by atomic mass is 32.2. The summed E-state index contributed by atoms with van der Waals surface area (Å²) in [6.07, 6.45) is 2.31. The van der Waals surface area contributed by atoms with E-state index in [0.717, 1.165) is 29.9 Å². The van der Waals surface area contributed by atoms with Crippen LogP contribution in [-0.2, 0) is 5.75 Å². The van der Waals surface area contributed by atoms with Gasteiger partial charge in [-0.25, -0.2) is 0 Å². The van der Waals surface area contributed by atoms with Crippen molar-refractivity contribution in [3.8, 4) is 0 Å². The molecular weight excluding hydrogens is 238 g/mol. The van der Waals surface area contributed by atoms with Crippen molar-refractivity contribution in [2.24, 2.45) is 5.84 Å². The van der Waals surface area contributed by atoms with Gasteiger partial charge in [-0.15, -0.1) is 0 Å². The summed E-state index contributed by atoms with van der Waals surface area (Å²) in [6, 6.07) is 5.01. The number of hydrogen-bond acceptors (Lipinski definition) is 5. The summed E-state index contributed by atoms with van der Waals surface area (Å²) in [5.41, 5.74) is 3.76. The fourth-order valence-corrected chi connectivity index (χ4v) is 2.55. The quantitative estimate of drug-likeness (QED) is 0.339. The molecule has 0 fully saturated rings. The summed E-state index contributed by atoms with van der Waals surface area (Å²) in [5, 5.41) is 10.8. The maximum absolute atomic E-state index is 10.8. The van der Waals surface area contributed by atoms with E-state index in [4.69, 9.17) is 5.84 Å². The third-order valence-corrected chi connectivity index (χ3v) is 3.46. The van der Waals surface area contributed by atoms with Gasteiger partial charge in [-0.3, -0.25) is 16.0 Å². The molecule has 0 atom stereocenters. The minimum absolute atomic E-state index is 0.0288. The largest absolute Gasteiger partial charge is 0.318 e. The van der Waals surface area contributed by atoms with E-state index in [1.165, 1.54) is 6.07 Å². The van der Waals surface area contributed by atoms with Crippen molar-refractivity contribution in [1.29, 1.82) is 0 Å². The number of thioether (sulfide) groups is 1. The molecule has 0 radical (unpaired) electrons. The molecule has 1 rings (SSSR count). The van der Waals surface area contributed by atoms with Gasteiger partial charge in [0.1, 0.15) is 5.69 Å². The molecule has 0 saturated heterocycles. The summed E-state index contributed by atoms with van der Waals surface area (Å²) < 4.78 is 0. The molecule has 0 aliphatic carbocycles. The molecule has 5 nitrogen and oxygen atoms in total. The van der Waals surface area contributed by atoms with Crippen molar-refractivity contribution in [2.45, 2.75) is 25.5 Å². The van der Waals surface area contributed by atoms with Crippen LogP contribution in [0, 0.1) is 10.1 Å². The van der Waals surface area contributed by atoms with Gasteiger partial charge in [0.05, 0.1) is 4.92 Å². The van der Waals surface area contributed by atoms with Crippen molar-refractivity contribution in [2.75, 3.05) is 11.2 Å². The first-order chi connectivity index (χ1) is 8.20. The summed E-state index contributed by atoms with van der Waals surface area (Å²) >= 11 is 1.76. The first-order valence-corrected chi connectivity index (χ1v) is 6.66. The van der Waals surface area contributed by atoms with E-state index < -0.39 is 4.92 Å².